The topological polar surface area (TPSA) is 49.8 Å². The molecule has 2 N–H and O–H groups in total. The predicted octanol–water partition coefficient (Wildman–Crippen LogP) is 0.108. The van der Waals surface area contributed by atoms with Crippen molar-refractivity contribution in [2.24, 2.45) is 0 Å². The molecule has 0 bridgehead atoms. The van der Waals surface area contributed by atoms with Gasteiger partial charge in [-0.25, -0.2) is 0 Å². The summed E-state index contributed by atoms with van der Waals surface area (Å²) in [7, 11) is 1.92. The first kappa shape index (κ1) is 7.94. The van der Waals surface area contributed by atoms with Crippen LogP contribution in [0, 0.1) is 0 Å². The van der Waals surface area contributed by atoms with Crippen LogP contribution in [-0.4, -0.2) is 30.3 Å². The molecule has 0 fully saturated rings. The average Bonchev–Trinajstić information content (AvgIpc) is 2.07. The zero-order chi connectivity index (χ0) is 7.94. The molecule has 1 aromatic rings. The van der Waals surface area contributed by atoms with Crippen molar-refractivity contribution in [1.82, 2.24) is 15.5 Å². The molecular formula is C7H12N4. The van der Waals surface area contributed by atoms with E-state index in [1.807, 2.05) is 19.2 Å². The summed E-state index contributed by atoms with van der Waals surface area (Å²) in [4.78, 5) is 0. The molecule has 0 atom stereocenters. The Morgan fingerprint density at radius 3 is 3.00 bits per heavy atom. The zero-order valence-electron chi connectivity index (χ0n) is 6.54. The van der Waals surface area contributed by atoms with Crippen LogP contribution in [-0.2, 0) is 0 Å². The minimum absolute atomic E-state index is 0.822. The van der Waals surface area contributed by atoms with E-state index < -0.39 is 0 Å². The van der Waals surface area contributed by atoms with E-state index in [1.54, 1.807) is 6.20 Å². The number of rotatable bonds is 4. The molecule has 4 heteroatoms. The van der Waals surface area contributed by atoms with E-state index in [4.69, 9.17) is 0 Å². The van der Waals surface area contributed by atoms with Crippen molar-refractivity contribution in [3.63, 3.8) is 0 Å². The van der Waals surface area contributed by atoms with E-state index in [2.05, 4.69) is 20.8 Å². The van der Waals surface area contributed by atoms with Gasteiger partial charge in [-0.3, -0.25) is 0 Å². The van der Waals surface area contributed by atoms with Gasteiger partial charge in [-0.05, 0) is 19.2 Å². The number of nitrogens with one attached hydrogen (secondary N) is 2. The Kier molecular flexibility index (Phi) is 3.34. The van der Waals surface area contributed by atoms with Crippen LogP contribution in [0.4, 0.5) is 5.82 Å². The summed E-state index contributed by atoms with van der Waals surface area (Å²) in [5, 5.41) is 13.7. The summed E-state index contributed by atoms with van der Waals surface area (Å²) >= 11 is 0. The third-order valence-corrected chi connectivity index (χ3v) is 1.25. The second-order valence-electron chi connectivity index (χ2n) is 2.14. The lowest BCUT2D eigenvalue weighted by molar-refractivity contribution is 0.818. The Morgan fingerprint density at radius 1 is 1.45 bits per heavy atom. The van der Waals surface area contributed by atoms with E-state index in [1.165, 1.54) is 0 Å². The Balaban J connectivity index is 2.28. The van der Waals surface area contributed by atoms with Crippen molar-refractivity contribution in [3.05, 3.63) is 18.3 Å². The van der Waals surface area contributed by atoms with E-state index in [9.17, 15) is 0 Å². The van der Waals surface area contributed by atoms with Gasteiger partial charge in [0, 0.05) is 19.3 Å². The molecule has 60 valence electrons. The highest BCUT2D eigenvalue weighted by molar-refractivity contribution is 5.31. The molecule has 0 saturated carbocycles. The van der Waals surface area contributed by atoms with Gasteiger partial charge in [0.05, 0.1) is 0 Å². The Morgan fingerprint density at radius 2 is 2.36 bits per heavy atom. The second-order valence-corrected chi connectivity index (χ2v) is 2.14. The maximum Gasteiger partial charge on any atom is 0.148 e. The van der Waals surface area contributed by atoms with E-state index >= 15 is 0 Å². The zero-order valence-corrected chi connectivity index (χ0v) is 6.54. The van der Waals surface area contributed by atoms with Crippen LogP contribution in [0.1, 0.15) is 0 Å². The number of hydrogen-bond acceptors (Lipinski definition) is 4. The molecule has 11 heavy (non-hydrogen) atoms. The molecule has 0 radical (unpaired) electrons. The van der Waals surface area contributed by atoms with Gasteiger partial charge in [0.25, 0.3) is 0 Å². The van der Waals surface area contributed by atoms with Crippen LogP contribution >= 0.6 is 0 Å². The smallest absolute Gasteiger partial charge is 0.148 e. The molecule has 0 aliphatic heterocycles. The molecule has 1 aromatic heterocycles. The summed E-state index contributed by atoms with van der Waals surface area (Å²) in [5.74, 6) is 0.822. The maximum absolute atomic E-state index is 3.86. The first-order valence-corrected chi connectivity index (χ1v) is 3.59. The molecule has 0 aliphatic carbocycles. The summed E-state index contributed by atoms with van der Waals surface area (Å²) in [6, 6.07) is 3.75. The highest BCUT2D eigenvalue weighted by Gasteiger charge is 1.88. The van der Waals surface area contributed by atoms with E-state index in [0.29, 0.717) is 0 Å². The van der Waals surface area contributed by atoms with Crippen LogP contribution in [0.15, 0.2) is 18.3 Å². The molecule has 0 amide bonds. The van der Waals surface area contributed by atoms with Crippen molar-refractivity contribution in [2.45, 2.75) is 0 Å². The molecule has 0 aromatic carbocycles. The molecule has 0 unspecified atom stereocenters. The van der Waals surface area contributed by atoms with Gasteiger partial charge in [-0.15, -0.1) is 5.10 Å². The minimum Gasteiger partial charge on any atom is -0.367 e. The number of nitrogens with zero attached hydrogens (tertiary/aromatic N) is 2. The highest BCUT2D eigenvalue weighted by atomic mass is 15.2. The standard InChI is InChI=1S/C7H12N4/c1-8-5-6-9-7-3-2-4-10-11-7/h2-4,8H,5-6H2,1H3,(H,9,11). The number of anilines is 1. The SMILES string of the molecule is CNCCNc1cccnn1. The quantitative estimate of drug-likeness (QED) is 0.601. The molecule has 4 nitrogen and oxygen atoms in total. The predicted molar refractivity (Wildman–Crippen MR) is 44.4 cm³/mol. The normalized spacial score (nSPS) is 9.55. The summed E-state index contributed by atoms with van der Waals surface area (Å²) < 4.78 is 0. The fourth-order valence-corrected chi connectivity index (χ4v) is 0.711. The lowest BCUT2D eigenvalue weighted by Gasteiger charge is -2.01. The van der Waals surface area contributed by atoms with Crippen LogP contribution in [0.3, 0.4) is 0 Å². The van der Waals surface area contributed by atoms with Crippen LogP contribution in [0.2, 0.25) is 0 Å². The van der Waals surface area contributed by atoms with Gasteiger partial charge in [0.15, 0.2) is 0 Å². The second kappa shape index (κ2) is 4.62. The fraction of sp³-hybridized carbons (Fsp3) is 0.429. The third kappa shape index (κ3) is 2.95. The van der Waals surface area contributed by atoms with E-state index in [-0.39, 0.29) is 0 Å². The Hall–Kier alpha value is -1.16. The first-order valence-electron chi connectivity index (χ1n) is 3.59. The summed E-state index contributed by atoms with van der Waals surface area (Å²) in [6.45, 7) is 1.80. The van der Waals surface area contributed by atoms with Gasteiger partial charge in [0.1, 0.15) is 5.82 Å². The largest absolute Gasteiger partial charge is 0.367 e. The van der Waals surface area contributed by atoms with Crippen molar-refractivity contribution >= 4 is 5.82 Å². The highest BCUT2D eigenvalue weighted by Crippen LogP contribution is 1.95. The third-order valence-electron chi connectivity index (χ3n) is 1.25. The van der Waals surface area contributed by atoms with Gasteiger partial charge in [-0.2, -0.15) is 5.10 Å². The average molecular weight is 152 g/mol. The van der Waals surface area contributed by atoms with Crippen molar-refractivity contribution < 1.29 is 0 Å². The van der Waals surface area contributed by atoms with Gasteiger partial charge >= 0.3 is 0 Å². The van der Waals surface area contributed by atoms with E-state index in [0.717, 1.165) is 18.9 Å². The van der Waals surface area contributed by atoms with Gasteiger partial charge < -0.3 is 10.6 Å². The molecule has 0 spiro atoms. The minimum atomic E-state index is 0.822. The van der Waals surface area contributed by atoms with Crippen molar-refractivity contribution in [1.29, 1.82) is 0 Å². The fourth-order valence-electron chi connectivity index (χ4n) is 0.711. The number of aromatic nitrogens is 2. The lowest BCUT2D eigenvalue weighted by atomic mass is 10.5. The summed E-state index contributed by atoms with van der Waals surface area (Å²) in [5.41, 5.74) is 0. The van der Waals surface area contributed by atoms with Gasteiger partial charge in [0.2, 0.25) is 0 Å². The summed E-state index contributed by atoms with van der Waals surface area (Å²) in [6.07, 6.45) is 1.66. The van der Waals surface area contributed by atoms with Crippen molar-refractivity contribution in [2.75, 3.05) is 25.5 Å². The Bertz CT molecular complexity index is 187. The molecule has 1 rings (SSSR count). The molecule has 0 aliphatic rings. The molecule has 0 saturated heterocycles. The van der Waals surface area contributed by atoms with Crippen LogP contribution in [0.5, 0.6) is 0 Å². The van der Waals surface area contributed by atoms with Crippen molar-refractivity contribution in [3.8, 4) is 0 Å². The van der Waals surface area contributed by atoms with Crippen LogP contribution in [0.25, 0.3) is 0 Å². The monoisotopic (exact) mass is 152 g/mol. The number of hydrogen-bond donors (Lipinski definition) is 2. The number of likely N-dealkylation sites (N-methyl/N-ethyl adjacent to an activating group) is 1. The molecular weight excluding hydrogens is 140 g/mol. The first-order chi connectivity index (χ1) is 5.43. The van der Waals surface area contributed by atoms with Gasteiger partial charge in [-0.1, -0.05) is 0 Å². The maximum atomic E-state index is 3.86. The Labute approximate surface area is 66.0 Å². The lowest BCUT2D eigenvalue weighted by Crippen LogP contribution is -2.18. The van der Waals surface area contributed by atoms with Crippen LogP contribution < -0.4 is 10.6 Å². The molecule has 1 heterocycles.